The second kappa shape index (κ2) is 5.37. The minimum atomic E-state index is 0.00211. The van der Waals surface area contributed by atoms with Crippen molar-refractivity contribution >= 4 is 15.9 Å². The highest BCUT2D eigenvalue weighted by Gasteiger charge is 2.15. The van der Waals surface area contributed by atoms with Crippen LogP contribution < -0.4 is 9.47 Å². The molecule has 0 atom stereocenters. The largest absolute Gasteiger partial charge is 0.493 e. The molecule has 1 aromatic carbocycles. The van der Waals surface area contributed by atoms with E-state index in [1.54, 1.807) is 14.2 Å². The van der Waals surface area contributed by atoms with Crippen molar-refractivity contribution in [3.05, 3.63) is 21.7 Å². The van der Waals surface area contributed by atoms with Crippen LogP contribution in [0, 0.1) is 0 Å². The third-order valence-corrected chi connectivity index (χ3v) is 3.17. The summed E-state index contributed by atoms with van der Waals surface area (Å²) in [4.78, 5) is 0. The van der Waals surface area contributed by atoms with Crippen LogP contribution in [0.2, 0.25) is 0 Å². The fourth-order valence-electron chi connectivity index (χ4n) is 1.56. The molecule has 4 heteroatoms. The van der Waals surface area contributed by atoms with Crippen LogP contribution in [-0.4, -0.2) is 19.3 Å². The van der Waals surface area contributed by atoms with Gasteiger partial charge in [-0.25, -0.2) is 0 Å². The zero-order chi connectivity index (χ0) is 11.4. The summed E-state index contributed by atoms with van der Waals surface area (Å²) >= 11 is 3.47. The molecule has 0 heterocycles. The molecule has 15 heavy (non-hydrogen) atoms. The van der Waals surface area contributed by atoms with Gasteiger partial charge in [0.1, 0.15) is 0 Å². The van der Waals surface area contributed by atoms with Crippen LogP contribution in [0.4, 0.5) is 0 Å². The molecular formula is C11H15BrO3. The van der Waals surface area contributed by atoms with E-state index in [0.29, 0.717) is 11.5 Å². The average molecular weight is 275 g/mol. The summed E-state index contributed by atoms with van der Waals surface area (Å²) in [5, 5.41) is 9.24. The SMILES string of the molecule is CCc1c(CO)cc(OC)c(OC)c1Br. The number of hydrogen-bond donors (Lipinski definition) is 1. The van der Waals surface area contributed by atoms with E-state index in [1.165, 1.54) is 0 Å². The van der Waals surface area contributed by atoms with E-state index >= 15 is 0 Å². The van der Waals surface area contributed by atoms with E-state index in [4.69, 9.17) is 9.47 Å². The molecule has 1 rings (SSSR count). The maximum atomic E-state index is 9.24. The smallest absolute Gasteiger partial charge is 0.175 e. The Kier molecular flexibility index (Phi) is 4.42. The number of halogens is 1. The quantitative estimate of drug-likeness (QED) is 0.917. The first-order chi connectivity index (χ1) is 7.19. The molecule has 0 spiro atoms. The molecule has 0 aliphatic heterocycles. The number of rotatable bonds is 4. The maximum Gasteiger partial charge on any atom is 0.175 e. The average Bonchev–Trinajstić information content (AvgIpc) is 2.27. The molecular weight excluding hydrogens is 260 g/mol. The monoisotopic (exact) mass is 274 g/mol. The topological polar surface area (TPSA) is 38.7 Å². The van der Waals surface area contributed by atoms with E-state index in [2.05, 4.69) is 15.9 Å². The second-order valence-corrected chi connectivity index (χ2v) is 3.87. The molecule has 0 unspecified atom stereocenters. The molecule has 0 aliphatic rings. The molecule has 0 aliphatic carbocycles. The third kappa shape index (κ3) is 2.26. The molecule has 3 nitrogen and oxygen atoms in total. The molecule has 0 saturated carbocycles. The number of hydrogen-bond acceptors (Lipinski definition) is 3. The summed E-state index contributed by atoms with van der Waals surface area (Å²) in [5.41, 5.74) is 1.91. The molecule has 0 bridgehead atoms. The predicted octanol–water partition coefficient (Wildman–Crippen LogP) is 2.52. The lowest BCUT2D eigenvalue weighted by atomic mass is 10.0. The van der Waals surface area contributed by atoms with Gasteiger partial charge < -0.3 is 14.6 Å². The molecule has 1 aromatic rings. The van der Waals surface area contributed by atoms with Gasteiger partial charge in [-0.2, -0.15) is 0 Å². The summed E-state index contributed by atoms with van der Waals surface area (Å²) in [6, 6.07) is 1.81. The Balaban J connectivity index is 3.41. The van der Waals surface area contributed by atoms with Crippen molar-refractivity contribution in [1.29, 1.82) is 0 Å². The summed E-state index contributed by atoms with van der Waals surface area (Å²) in [6.45, 7) is 2.04. The van der Waals surface area contributed by atoms with Gasteiger partial charge in [-0.3, -0.25) is 0 Å². The fraction of sp³-hybridized carbons (Fsp3) is 0.455. The van der Waals surface area contributed by atoms with E-state index in [9.17, 15) is 5.11 Å². The zero-order valence-electron chi connectivity index (χ0n) is 9.13. The van der Waals surface area contributed by atoms with Gasteiger partial charge in [0.15, 0.2) is 11.5 Å². The van der Waals surface area contributed by atoms with Gasteiger partial charge in [0.05, 0.1) is 25.3 Å². The van der Waals surface area contributed by atoms with Crippen LogP contribution >= 0.6 is 15.9 Å². The lowest BCUT2D eigenvalue weighted by Gasteiger charge is -2.15. The van der Waals surface area contributed by atoms with Crippen molar-refractivity contribution in [2.24, 2.45) is 0 Å². The molecule has 0 aromatic heterocycles. The molecule has 0 saturated heterocycles. The summed E-state index contributed by atoms with van der Waals surface area (Å²) in [5.74, 6) is 1.30. The van der Waals surface area contributed by atoms with E-state index in [1.807, 2.05) is 13.0 Å². The van der Waals surface area contributed by atoms with Gasteiger partial charge in [0, 0.05) is 0 Å². The van der Waals surface area contributed by atoms with Gasteiger partial charge in [-0.05, 0) is 39.5 Å². The fourth-order valence-corrected chi connectivity index (χ4v) is 2.45. The Labute approximate surface area is 98.1 Å². The Morgan fingerprint density at radius 1 is 1.33 bits per heavy atom. The highest BCUT2D eigenvalue weighted by Crippen LogP contribution is 2.39. The Morgan fingerprint density at radius 2 is 2.00 bits per heavy atom. The minimum absolute atomic E-state index is 0.00211. The lowest BCUT2D eigenvalue weighted by molar-refractivity contribution is 0.278. The molecule has 0 fully saturated rings. The minimum Gasteiger partial charge on any atom is -0.493 e. The Hall–Kier alpha value is -0.740. The van der Waals surface area contributed by atoms with E-state index in [-0.39, 0.29) is 6.61 Å². The zero-order valence-corrected chi connectivity index (χ0v) is 10.7. The standard InChI is InChI=1S/C11H15BrO3/c1-4-8-7(6-13)5-9(14-2)11(15-3)10(8)12/h5,13H,4,6H2,1-3H3. The Bertz CT molecular complexity index is 320. The van der Waals surface area contributed by atoms with Crippen molar-refractivity contribution in [1.82, 2.24) is 0 Å². The number of ether oxygens (including phenoxy) is 2. The van der Waals surface area contributed by atoms with Gasteiger partial charge in [-0.1, -0.05) is 6.92 Å². The normalized spacial score (nSPS) is 10.2. The molecule has 0 radical (unpaired) electrons. The number of benzene rings is 1. The number of aliphatic hydroxyl groups excluding tert-OH is 1. The van der Waals surface area contributed by atoms with Crippen LogP contribution in [-0.2, 0) is 13.0 Å². The first-order valence-corrected chi connectivity index (χ1v) is 5.51. The van der Waals surface area contributed by atoms with Crippen molar-refractivity contribution in [3.63, 3.8) is 0 Å². The first-order valence-electron chi connectivity index (χ1n) is 4.72. The van der Waals surface area contributed by atoms with Crippen molar-refractivity contribution < 1.29 is 14.6 Å². The molecule has 84 valence electrons. The lowest BCUT2D eigenvalue weighted by Crippen LogP contribution is -2.00. The third-order valence-electron chi connectivity index (χ3n) is 2.33. The van der Waals surface area contributed by atoms with Crippen LogP contribution in [0.15, 0.2) is 10.5 Å². The number of methoxy groups -OCH3 is 2. The second-order valence-electron chi connectivity index (χ2n) is 3.08. The van der Waals surface area contributed by atoms with E-state index < -0.39 is 0 Å². The highest BCUT2D eigenvalue weighted by atomic mass is 79.9. The summed E-state index contributed by atoms with van der Waals surface area (Å²) in [7, 11) is 3.18. The maximum absolute atomic E-state index is 9.24. The van der Waals surface area contributed by atoms with Crippen LogP contribution in [0.25, 0.3) is 0 Å². The van der Waals surface area contributed by atoms with Crippen LogP contribution in [0.5, 0.6) is 11.5 Å². The van der Waals surface area contributed by atoms with Crippen LogP contribution in [0.3, 0.4) is 0 Å². The first kappa shape index (κ1) is 12.3. The van der Waals surface area contributed by atoms with Gasteiger partial charge in [0.2, 0.25) is 0 Å². The van der Waals surface area contributed by atoms with Gasteiger partial charge in [-0.15, -0.1) is 0 Å². The summed E-state index contributed by atoms with van der Waals surface area (Å²) < 4.78 is 11.3. The predicted molar refractivity (Wildman–Crippen MR) is 62.5 cm³/mol. The van der Waals surface area contributed by atoms with Gasteiger partial charge >= 0.3 is 0 Å². The van der Waals surface area contributed by atoms with Crippen molar-refractivity contribution in [2.75, 3.05) is 14.2 Å². The molecule has 0 amide bonds. The highest BCUT2D eigenvalue weighted by molar-refractivity contribution is 9.10. The van der Waals surface area contributed by atoms with Crippen molar-refractivity contribution in [3.8, 4) is 11.5 Å². The Morgan fingerprint density at radius 3 is 2.40 bits per heavy atom. The van der Waals surface area contributed by atoms with Crippen molar-refractivity contribution in [2.45, 2.75) is 20.0 Å². The summed E-state index contributed by atoms with van der Waals surface area (Å²) in [6.07, 6.45) is 0.830. The van der Waals surface area contributed by atoms with Crippen LogP contribution in [0.1, 0.15) is 18.1 Å². The number of aliphatic hydroxyl groups is 1. The van der Waals surface area contributed by atoms with E-state index in [0.717, 1.165) is 22.0 Å². The van der Waals surface area contributed by atoms with Gasteiger partial charge in [0.25, 0.3) is 0 Å². The molecule has 1 N–H and O–H groups in total.